The summed E-state index contributed by atoms with van der Waals surface area (Å²) < 4.78 is 0. The van der Waals surface area contributed by atoms with Crippen molar-refractivity contribution >= 4 is 12.0 Å². The van der Waals surface area contributed by atoms with Crippen molar-refractivity contribution in [2.45, 2.75) is 0 Å². The first-order valence-corrected chi connectivity index (χ1v) is 2.77. The molecule has 2 heterocycles. The summed E-state index contributed by atoms with van der Waals surface area (Å²) in [5.41, 5.74) is 0. The number of fused-ring (bicyclic) bond motifs is 1. The summed E-state index contributed by atoms with van der Waals surface area (Å²) in [6, 6.07) is 0. The Labute approximate surface area is 55.9 Å². The van der Waals surface area contributed by atoms with Gasteiger partial charge in [0.25, 0.3) is 5.91 Å². The zero-order valence-electron chi connectivity index (χ0n) is 4.98. The van der Waals surface area contributed by atoms with Crippen LogP contribution in [0.2, 0.25) is 0 Å². The lowest BCUT2D eigenvalue weighted by Gasteiger charge is -1.75. The number of hydrogen-bond acceptors (Lipinski definition) is 3. The maximum Gasteiger partial charge on any atom is 0.271 e. The molecule has 1 aliphatic heterocycles. The largest absolute Gasteiger partial charge is 0.271 e. The van der Waals surface area contributed by atoms with Crippen molar-refractivity contribution in [3.8, 4) is 0 Å². The zero-order chi connectivity index (χ0) is 6.97. The molecule has 4 nitrogen and oxygen atoms in total. The Morgan fingerprint density at radius 1 is 1.20 bits per heavy atom. The van der Waals surface area contributed by atoms with E-state index in [0.717, 1.165) is 5.22 Å². The van der Waals surface area contributed by atoms with Crippen molar-refractivity contribution in [1.82, 2.24) is 10.2 Å². The van der Waals surface area contributed by atoms with Crippen LogP contribution in [-0.4, -0.2) is 16.1 Å². The first-order valence-electron chi connectivity index (χ1n) is 2.77. The molecule has 0 N–H and O–H groups in total. The van der Waals surface area contributed by atoms with E-state index in [-0.39, 0.29) is 5.91 Å². The summed E-state index contributed by atoms with van der Waals surface area (Å²) >= 11 is 0. The first-order chi connectivity index (χ1) is 4.86. The Morgan fingerprint density at radius 3 is 2.80 bits per heavy atom. The van der Waals surface area contributed by atoms with E-state index >= 15 is 0 Å². The van der Waals surface area contributed by atoms with Gasteiger partial charge in [-0.3, -0.25) is 4.79 Å². The van der Waals surface area contributed by atoms with Gasteiger partial charge in [0.1, 0.15) is 0 Å². The second-order valence-corrected chi connectivity index (χ2v) is 1.92. The van der Waals surface area contributed by atoms with Crippen LogP contribution in [0.1, 0.15) is 0 Å². The Bertz CT molecular complexity index is 359. The van der Waals surface area contributed by atoms with Crippen molar-refractivity contribution < 1.29 is 4.79 Å². The third-order valence-electron chi connectivity index (χ3n) is 1.25. The highest BCUT2D eigenvalue weighted by molar-refractivity contribution is 6.06. The minimum Gasteiger partial charge on any atom is -0.267 e. The molecule has 1 aliphatic rings. The molecule has 1 amide bonds. The number of amides is 1. The minimum atomic E-state index is -0.232. The molecular weight excluding hydrogens is 130 g/mol. The van der Waals surface area contributed by atoms with E-state index in [1.54, 1.807) is 0 Å². The van der Waals surface area contributed by atoms with E-state index in [9.17, 15) is 4.79 Å². The van der Waals surface area contributed by atoms with Crippen LogP contribution in [0.5, 0.6) is 0 Å². The van der Waals surface area contributed by atoms with Crippen LogP contribution >= 0.6 is 0 Å². The molecule has 10 heavy (non-hydrogen) atoms. The summed E-state index contributed by atoms with van der Waals surface area (Å²) in [5, 5.41) is 8.53. The molecule has 1 aromatic rings. The Balaban J connectivity index is 2.96. The number of aromatic nitrogens is 2. The summed E-state index contributed by atoms with van der Waals surface area (Å²) in [6.07, 6.45) is 4.42. The lowest BCUT2D eigenvalue weighted by atomic mass is 10.4. The lowest BCUT2D eigenvalue weighted by Crippen LogP contribution is -2.22. The normalized spacial score (nSPS) is 13.8. The van der Waals surface area contributed by atoms with Gasteiger partial charge in [-0.1, -0.05) is 0 Å². The third-order valence-corrected chi connectivity index (χ3v) is 1.25. The first kappa shape index (κ1) is 5.22. The van der Waals surface area contributed by atoms with E-state index in [4.69, 9.17) is 0 Å². The Morgan fingerprint density at radius 2 is 2.00 bits per heavy atom. The molecule has 2 rings (SSSR count). The fourth-order valence-electron chi connectivity index (χ4n) is 0.813. The summed E-state index contributed by atoms with van der Waals surface area (Å²) in [7, 11) is 0. The Kier molecular flexibility index (Phi) is 0.887. The number of carbonyl (C=O) groups excluding carboxylic acids is 1. The van der Waals surface area contributed by atoms with Gasteiger partial charge in [0.2, 0.25) is 0 Å². The van der Waals surface area contributed by atoms with Gasteiger partial charge >= 0.3 is 0 Å². The second kappa shape index (κ2) is 1.70. The van der Waals surface area contributed by atoms with Crippen LogP contribution in [0.4, 0.5) is 0 Å². The van der Waals surface area contributed by atoms with Gasteiger partial charge in [-0.05, 0) is 0 Å². The number of hydrogen-bond donors (Lipinski definition) is 0. The molecule has 0 aliphatic carbocycles. The highest BCUT2D eigenvalue weighted by Gasteiger charge is 2.00. The molecule has 0 radical (unpaired) electrons. The molecule has 0 atom stereocenters. The Hall–Kier alpha value is -1.58. The molecule has 0 aromatic carbocycles. The number of rotatable bonds is 0. The highest BCUT2D eigenvalue weighted by atomic mass is 16.1. The molecule has 1 aromatic heterocycles. The standard InChI is InChI=1S/C6H3N3O/c10-6-1-4-2-7-8-3-5(4)9-6/h1-3H. The van der Waals surface area contributed by atoms with Crippen LogP contribution in [0.15, 0.2) is 17.4 Å². The molecule has 0 saturated heterocycles. The maximum atomic E-state index is 10.6. The van der Waals surface area contributed by atoms with Crippen molar-refractivity contribution in [1.29, 1.82) is 0 Å². The number of carbonyl (C=O) groups is 1. The van der Waals surface area contributed by atoms with Crippen molar-refractivity contribution in [3.05, 3.63) is 23.0 Å². The van der Waals surface area contributed by atoms with E-state index in [0.29, 0.717) is 5.36 Å². The van der Waals surface area contributed by atoms with Crippen LogP contribution in [0.25, 0.3) is 6.08 Å². The summed E-state index contributed by atoms with van der Waals surface area (Å²) in [5.74, 6) is -0.232. The van der Waals surface area contributed by atoms with Gasteiger partial charge in [0.15, 0.2) is 0 Å². The average Bonchev–Trinajstić information content (AvgIpc) is 2.27. The predicted molar refractivity (Wildman–Crippen MR) is 32.3 cm³/mol. The molecule has 0 fully saturated rings. The molecule has 4 heteroatoms. The minimum absolute atomic E-state index is 0.232. The van der Waals surface area contributed by atoms with Gasteiger partial charge in [-0.2, -0.15) is 10.2 Å². The van der Waals surface area contributed by atoms with Gasteiger partial charge in [-0.15, -0.1) is 0 Å². The van der Waals surface area contributed by atoms with Crippen molar-refractivity contribution in [2.24, 2.45) is 4.99 Å². The smallest absolute Gasteiger partial charge is 0.267 e. The quantitative estimate of drug-likeness (QED) is 0.429. The van der Waals surface area contributed by atoms with E-state index in [1.807, 2.05) is 0 Å². The molecule has 0 bridgehead atoms. The van der Waals surface area contributed by atoms with Gasteiger partial charge in [0, 0.05) is 11.3 Å². The fourth-order valence-corrected chi connectivity index (χ4v) is 0.813. The average molecular weight is 133 g/mol. The van der Waals surface area contributed by atoms with Crippen LogP contribution in [0, 0.1) is 0 Å². The molecule has 0 spiro atoms. The van der Waals surface area contributed by atoms with E-state index in [1.165, 1.54) is 18.5 Å². The fraction of sp³-hybridized carbons (Fsp3) is 0. The van der Waals surface area contributed by atoms with E-state index < -0.39 is 0 Å². The monoisotopic (exact) mass is 133 g/mol. The van der Waals surface area contributed by atoms with Gasteiger partial charge < -0.3 is 0 Å². The lowest BCUT2D eigenvalue weighted by molar-refractivity contribution is -0.112. The zero-order valence-corrected chi connectivity index (χ0v) is 4.98. The molecule has 0 saturated carbocycles. The predicted octanol–water partition coefficient (Wildman–Crippen LogP) is -1.58. The van der Waals surface area contributed by atoms with Gasteiger partial charge in [-0.25, -0.2) is 4.99 Å². The van der Waals surface area contributed by atoms with Crippen LogP contribution in [-0.2, 0) is 4.79 Å². The highest BCUT2D eigenvalue weighted by Crippen LogP contribution is 1.78. The topological polar surface area (TPSA) is 55.2 Å². The SMILES string of the molecule is O=C1C=c2cnncc2=N1. The molecule has 48 valence electrons. The van der Waals surface area contributed by atoms with Crippen LogP contribution < -0.4 is 10.6 Å². The van der Waals surface area contributed by atoms with E-state index in [2.05, 4.69) is 15.2 Å². The maximum absolute atomic E-state index is 10.6. The van der Waals surface area contributed by atoms with Crippen molar-refractivity contribution in [2.75, 3.05) is 0 Å². The summed E-state index contributed by atoms with van der Waals surface area (Å²) in [4.78, 5) is 14.3. The third kappa shape index (κ3) is 0.621. The molecular formula is C6H3N3O. The number of nitrogens with zero attached hydrogens (tertiary/aromatic N) is 3. The van der Waals surface area contributed by atoms with Gasteiger partial charge in [0.05, 0.1) is 17.8 Å². The van der Waals surface area contributed by atoms with Crippen LogP contribution in [0.3, 0.4) is 0 Å². The second-order valence-electron chi connectivity index (χ2n) is 1.92. The molecule has 0 unspecified atom stereocenters. The summed E-state index contributed by atoms with van der Waals surface area (Å²) in [6.45, 7) is 0. The van der Waals surface area contributed by atoms with Crippen molar-refractivity contribution in [3.63, 3.8) is 0 Å².